The van der Waals surface area contributed by atoms with Gasteiger partial charge in [-0.15, -0.1) is 6.58 Å². The minimum absolute atomic E-state index is 0.439. The van der Waals surface area contributed by atoms with Crippen LogP contribution in [0.3, 0.4) is 0 Å². The number of anilines is 1. The van der Waals surface area contributed by atoms with E-state index in [9.17, 15) is 0 Å². The van der Waals surface area contributed by atoms with E-state index in [1.807, 2.05) is 36.7 Å². The molecule has 2 aromatic heterocycles. The summed E-state index contributed by atoms with van der Waals surface area (Å²) in [5.74, 6) is 0.733. The molecule has 0 atom stereocenters. The highest BCUT2D eigenvalue weighted by Crippen LogP contribution is 2.22. The van der Waals surface area contributed by atoms with Crippen LogP contribution < -0.4 is 10.6 Å². The van der Waals surface area contributed by atoms with Gasteiger partial charge in [-0.25, -0.2) is 9.97 Å². The summed E-state index contributed by atoms with van der Waals surface area (Å²) in [4.78, 5) is 13.4. The standard InChI is InChI=1S/C25H29N5/c1-2-6-22-14-16-27-25(29-22)30-23-12-10-21(11-13-23)28-18-19-7-5-8-20(17-19)24-9-3-4-15-26-24/h2-5,7-9,14-17,21,23,28H,1,6,10-13,18H2,(H,27,29,30). The maximum absolute atomic E-state index is 4.57. The van der Waals surface area contributed by atoms with E-state index < -0.39 is 0 Å². The fraction of sp³-hybridized carbons (Fsp3) is 0.320. The van der Waals surface area contributed by atoms with Crippen LogP contribution in [0.25, 0.3) is 11.3 Å². The quantitative estimate of drug-likeness (QED) is 0.534. The lowest BCUT2D eigenvalue weighted by atomic mass is 9.91. The predicted octanol–water partition coefficient (Wildman–Crippen LogP) is 4.78. The third-order valence-electron chi connectivity index (χ3n) is 5.61. The van der Waals surface area contributed by atoms with E-state index in [1.54, 1.807) is 0 Å². The van der Waals surface area contributed by atoms with Crippen molar-refractivity contribution in [1.82, 2.24) is 20.3 Å². The number of allylic oxidation sites excluding steroid dienone is 1. The van der Waals surface area contributed by atoms with E-state index in [2.05, 4.69) is 62.5 Å². The zero-order valence-corrected chi connectivity index (χ0v) is 17.3. The molecule has 2 heterocycles. The van der Waals surface area contributed by atoms with Crippen molar-refractivity contribution in [3.63, 3.8) is 0 Å². The third kappa shape index (κ3) is 5.51. The lowest BCUT2D eigenvalue weighted by molar-refractivity contribution is 0.352. The molecule has 1 aliphatic rings. The average Bonchev–Trinajstić information content (AvgIpc) is 2.80. The van der Waals surface area contributed by atoms with Crippen LogP contribution in [0.2, 0.25) is 0 Å². The summed E-state index contributed by atoms with van der Waals surface area (Å²) in [5, 5.41) is 7.24. The summed E-state index contributed by atoms with van der Waals surface area (Å²) < 4.78 is 0. The molecule has 0 bridgehead atoms. The van der Waals surface area contributed by atoms with E-state index in [0.29, 0.717) is 12.1 Å². The number of hydrogen-bond acceptors (Lipinski definition) is 5. The van der Waals surface area contributed by atoms with Crippen LogP contribution in [0.4, 0.5) is 5.95 Å². The first-order chi connectivity index (χ1) is 14.8. The van der Waals surface area contributed by atoms with Crippen LogP contribution in [-0.4, -0.2) is 27.0 Å². The summed E-state index contributed by atoms with van der Waals surface area (Å²) >= 11 is 0. The molecular weight excluding hydrogens is 370 g/mol. The van der Waals surface area contributed by atoms with Crippen molar-refractivity contribution in [3.05, 3.63) is 84.8 Å². The van der Waals surface area contributed by atoms with Crippen LogP contribution >= 0.6 is 0 Å². The van der Waals surface area contributed by atoms with Crippen molar-refractivity contribution in [3.8, 4) is 11.3 Å². The van der Waals surface area contributed by atoms with Crippen molar-refractivity contribution in [2.45, 2.75) is 50.7 Å². The molecule has 154 valence electrons. The lowest BCUT2D eigenvalue weighted by Gasteiger charge is -2.30. The third-order valence-corrected chi connectivity index (χ3v) is 5.61. The smallest absolute Gasteiger partial charge is 0.223 e. The molecule has 5 nitrogen and oxygen atoms in total. The van der Waals surface area contributed by atoms with Crippen molar-refractivity contribution in [1.29, 1.82) is 0 Å². The first kappa shape index (κ1) is 20.2. The molecule has 1 saturated carbocycles. The minimum atomic E-state index is 0.439. The SMILES string of the molecule is C=CCc1ccnc(NC2CCC(NCc3cccc(-c4ccccn4)c3)CC2)n1. The molecule has 0 unspecified atom stereocenters. The Morgan fingerprint density at radius 2 is 1.80 bits per heavy atom. The molecule has 3 aromatic rings. The summed E-state index contributed by atoms with van der Waals surface area (Å²) in [5.41, 5.74) is 4.49. The Balaban J connectivity index is 1.25. The summed E-state index contributed by atoms with van der Waals surface area (Å²) in [7, 11) is 0. The first-order valence-electron chi connectivity index (χ1n) is 10.7. The van der Waals surface area contributed by atoms with Crippen LogP contribution in [0.15, 0.2) is 73.6 Å². The van der Waals surface area contributed by atoms with Gasteiger partial charge < -0.3 is 10.6 Å². The second-order valence-corrected chi connectivity index (χ2v) is 7.85. The number of nitrogens with one attached hydrogen (secondary N) is 2. The number of benzene rings is 1. The van der Waals surface area contributed by atoms with Gasteiger partial charge in [0.25, 0.3) is 0 Å². The van der Waals surface area contributed by atoms with E-state index in [0.717, 1.165) is 56.0 Å². The Kier molecular flexibility index (Phi) is 6.83. The van der Waals surface area contributed by atoms with Gasteiger partial charge in [-0.05, 0) is 55.5 Å². The average molecular weight is 400 g/mol. The molecule has 30 heavy (non-hydrogen) atoms. The van der Waals surface area contributed by atoms with Crippen LogP contribution in [0.5, 0.6) is 0 Å². The number of hydrogen-bond donors (Lipinski definition) is 2. The molecule has 0 spiro atoms. The van der Waals surface area contributed by atoms with Gasteiger partial charge in [0.15, 0.2) is 0 Å². The number of nitrogens with zero attached hydrogens (tertiary/aromatic N) is 3. The van der Waals surface area contributed by atoms with Crippen molar-refractivity contribution in [2.24, 2.45) is 0 Å². The van der Waals surface area contributed by atoms with Crippen molar-refractivity contribution < 1.29 is 0 Å². The summed E-state index contributed by atoms with van der Waals surface area (Å²) in [6, 6.07) is 17.6. The highest BCUT2D eigenvalue weighted by molar-refractivity contribution is 5.59. The zero-order valence-electron chi connectivity index (χ0n) is 17.3. The number of pyridine rings is 1. The maximum Gasteiger partial charge on any atom is 0.223 e. The van der Waals surface area contributed by atoms with Gasteiger partial charge in [0.2, 0.25) is 5.95 Å². The molecule has 0 aliphatic heterocycles. The molecule has 0 saturated heterocycles. The first-order valence-corrected chi connectivity index (χ1v) is 10.7. The van der Waals surface area contributed by atoms with E-state index in [-0.39, 0.29) is 0 Å². The number of rotatable bonds is 8. The van der Waals surface area contributed by atoms with Gasteiger partial charge in [0.1, 0.15) is 0 Å². The Morgan fingerprint density at radius 1 is 0.933 bits per heavy atom. The van der Waals surface area contributed by atoms with Gasteiger partial charge in [0.05, 0.1) is 5.69 Å². The monoisotopic (exact) mass is 399 g/mol. The summed E-state index contributed by atoms with van der Waals surface area (Å²) in [6.07, 6.45) is 10.9. The normalized spacial score (nSPS) is 18.7. The van der Waals surface area contributed by atoms with Crippen LogP contribution in [0, 0.1) is 0 Å². The number of aromatic nitrogens is 3. The van der Waals surface area contributed by atoms with E-state index in [4.69, 9.17) is 0 Å². The molecule has 4 rings (SSSR count). The zero-order chi connectivity index (χ0) is 20.6. The van der Waals surface area contributed by atoms with Crippen molar-refractivity contribution >= 4 is 5.95 Å². The Morgan fingerprint density at radius 3 is 2.60 bits per heavy atom. The molecule has 1 fully saturated rings. The molecule has 2 N–H and O–H groups in total. The van der Waals surface area contributed by atoms with Crippen molar-refractivity contribution in [2.75, 3.05) is 5.32 Å². The lowest BCUT2D eigenvalue weighted by Crippen LogP contribution is -2.36. The minimum Gasteiger partial charge on any atom is -0.351 e. The van der Waals surface area contributed by atoms with Gasteiger partial charge in [-0.1, -0.05) is 30.3 Å². The van der Waals surface area contributed by atoms with Gasteiger partial charge in [-0.3, -0.25) is 4.98 Å². The Labute approximate surface area is 178 Å². The molecule has 0 radical (unpaired) electrons. The second-order valence-electron chi connectivity index (χ2n) is 7.85. The highest BCUT2D eigenvalue weighted by Gasteiger charge is 2.21. The fourth-order valence-corrected chi connectivity index (χ4v) is 3.99. The van der Waals surface area contributed by atoms with Gasteiger partial charge in [-0.2, -0.15) is 0 Å². The molecular formula is C25H29N5. The van der Waals surface area contributed by atoms with Gasteiger partial charge in [0, 0.05) is 48.7 Å². The Hall–Kier alpha value is -3.05. The van der Waals surface area contributed by atoms with E-state index in [1.165, 1.54) is 11.1 Å². The molecule has 0 amide bonds. The molecule has 1 aromatic carbocycles. The fourth-order valence-electron chi connectivity index (χ4n) is 3.99. The molecule has 1 aliphatic carbocycles. The highest BCUT2D eigenvalue weighted by atomic mass is 15.1. The second kappa shape index (κ2) is 10.1. The largest absolute Gasteiger partial charge is 0.351 e. The predicted molar refractivity (Wildman–Crippen MR) is 122 cm³/mol. The molecule has 5 heteroatoms. The van der Waals surface area contributed by atoms with Crippen LogP contribution in [0.1, 0.15) is 36.9 Å². The van der Waals surface area contributed by atoms with Gasteiger partial charge >= 0.3 is 0 Å². The maximum atomic E-state index is 4.57. The topological polar surface area (TPSA) is 62.7 Å². The Bertz CT molecular complexity index is 949. The van der Waals surface area contributed by atoms with Crippen LogP contribution in [-0.2, 0) is 13.0 Å². The van der Waals surface area contributed by atoms with E-state index >= 15 is 0 Å². The summed E-state index contributed by atoms with van der Waals surface area (Å²) in [6.45, 7) is 4.66.